The molecule has 2 aromatic carbocycles. The summed E-state index contributed by atoms with van der Waals surface area (Å²) in [5.41, 5.74) is -0.143. The number of amides is 3. The number of hydrogen-bond acceptors (Lipinski definition) is 5. The van der Waals surface area contributed by atoms with Gasteiger partial charge in [0.2, 0.25) is 5.91 Å². The molecule has 35 heavy (non-hydrogen) atoms. The molecule has 0 spiro atoms. The fourth-order valence-corrected chi connectivity index (χ4v) is 3.31. The summed E-state index contributed by atoms with van der Waals surface area (Å²) in [7, 11) is 0. The van der Waals surface area contributed by atoms with Gasteiger partial charge in [-0.05, 0) is 35.9 Å². The summed E-state index contributed by atoms with van der Waals surface area (Å²) in [6.07, 6.45) is 1.41. The maximum absolute atomic E-state index is 12.7. The quantitative estimate of drug-likeness (QED) is 0.333. The van der Waals surface area contributed by atoms with Crippen LogP contribution < -0.4 is 27.2 Å². The number of benzene rings is 2. The van der Waals surface area contributed by atoms with Crippen molar-refractivity contribution in [1.29, 1.82) is 0 Å². The average molecular weight is 498 g/mol. The number of carbonyl (C=O) groups is 3. The van der Waals surface area contributed by atoms with Crippen molar-refractivity contribution >= 4 is 35.0 Å². The van der Waals surface area contributed by atoms with Gasteiger partial charge in [0.25, 0.3) is 17.4 Å². The van der Waals surface area contributed by atoms with Gasteiger partial charge in [-0.25, -0.2) is 4.79 Å². The van der Waals surface area contributed by atoms with Crippen LogP contribution in [0.3, 0.4) is 0 Å². The number of nitrogens with zero attached hydrogens (tertiary/aromatic N) is 1. The Morgan fingerprint density at radius 2 is 1.60 bits per heavy atom. The maximum atomic E-state index is 12.7. The SMILES string of the molecule is CCC(=O)Nc1ccc(C(=O)NCCNC(=O)c2c[nH]c(=O)n(Cc3ccccc3Cl)c2=O)cc1. The van der Waals surface area contributed by atoms with Gasteiger partial charge >= 0.3 is 5.69 Å². The number of aromatic amines is 1. The smallest absolute Gasteiger partial charge is 0.328 e. The Labute approximate surface area is 205 Å². The van der Waals surface area contributed by atoms with E-state index in [1.165, 1.54) is 0 Å². The van der Waals surface area contributed by atoms with Crippen LogP contribution in [0.2, 0.25) is 5.02 Å². The van der Waals surface area contributed by atoms with Gasteiger partial charge in [-0.1, -0.05) is 36.7 Å². The summed E-state index contributed by atoms with van der Waals surface area (Å²) in [4.78, 5) is 63.5. The number of halogens is 1. The highest BCUT2D eigenvalue weighted by atomic mass is 35.5. The summed E-state index contributed by atoms with van der Waals surface area (Å²) in [5, 5.41) is 8.28. The number of anilines is 1. The molecule has 0 radical (unpaired) electrons. The monoisotopic (exact) mass is 497 g/mol. The van der Waals surface area contributed by atoms with Crippen LogP contribution in [0.5, 0.6) is 0 Å². The van der Waals surface area contributed by atoms with E-state index in [9.17, 15) is 24.0 Å². The van der Waals surface area contributed by atoms with E-state index in [4.69, 9.17) is 11.6 Å². The van der Waals surface area contributed by atoms with Crippen molar-refractivity contribution in [2.24, 2.45) is 0 Å². The lowest BCUT2D eigenvalue weighted by Gasteiger charge is -2.10. The van der Waals surface area contributed by atoms with Crippen LogP contribution in [-0.2, 0) is 11.3 Å². The molecule has 1 aromatic heterocycles. The summed E-state index contributed by atoms with van der Waals surface area (Å²) < 4.78 is 0.893. The molecular weight excluding hydrogens is 474 g/mol. The maximum Gasteiger partial charge on any atom is 0.328 e. The van der Waals surface area contributed by atoms with Crippen molar-refractivity contribution < 1.29 is 14.4 Å². The summed E-state index contributed by atoms with van der Waals surface area (Å²) >= 11 is 6.11. The molecule has 11 heteroatoms. The van der Waals surface area contributed by atoms with Crippen LogP contribution in [-0.4, -0.2) is 40.4 Å². The predicted octanol–water partition coefficient (Wildman–Crippen LogP) is 1.75. The van der Waals surface area contributed by atoms with Crippen LogP contribution in [0, 0.1) is 0 Å². The van der Waals surface area contributed by atoms with Crippen LogP contribution in [0.25, 0.3) is 0 Å². The Hall–Kier alpha value is -4.18. The van der Waals surface area contributed by atoms with Crippen LogP contribution in [0.15, 0.2) is 64.3 Å². The van der Waals surface area contributed by atoms with Gasteiger partial charge in [-0.3, -0.25) is 23.7 Å². The first-order valence-corrected chi connectivity index (χ1v) is 11.2. The number of carbonyl (C=O) groups excluding carboxylic acids is 3. The fourth-order valence-electron chi connectivity index (χ4n) is 3.12. The van der Waals surface area contributed by atoms with Crippen molar-refractivity contribution in [3.8, 4) is 0 Å². The minimum Gasteiger partial charge on any atom is -0.350 e. The van der Waals surface area contributed by atoms with Gasteiger partial charge in [0.1, 0.15) is 5.56 Å². The molecule has 3 rings (SSSR count). The summed E-state index contributed by atoms with van der Waals surface area (Å²) in [6, 6.07) is 13.1. The molecule has 0 aliphatic carbocycles. The lowest BCUT2D eigenvalue weighted by molar-refractivity contribution is -0.115. The third-order valence-electron chi connectivity index (χ3n) is 5.04. The number of aromatic nitrogens is 2. The van der Waals surface area contributed by atoms with E-state index < -0.39 is 17.2 Å². The Balaban J connectivity index is 1.56. The first-order valence-electron chi connectivity index (χ1n) is 10.8. The Morgan fingerprint density at radius 1 is 0.943 bits per heavy atom. The average Bonchev–Trinajstić information content (AvgIpc) is 2.85. The van der Waals surface area contributed by atoms with E-state index in [-0.39, 0.29) is 37.0 Å². The van der Waals surface area contributed by atoms with Crippen LogP contribution in [0.4, 0.5) is 5.69 Å². The van der Waals surface area contributed by atoms with Gasteiger partial charge in [0.15, 0.2) is 0 Å². The Morgan fingerprint density at radius 3 is 2.26 bits per heavy atom. The molecule has 0 bridgehead atoms. The third-order valence-corrected chi connectivity index (χ3v) is 5.41. The van der Waals surface area contributed by atoms with E-state index >= 15 is 0 Å². The second kappa shape index (κ2) is 11.8. The lowest BCUT2D eigenvalue weighted by Crippen LogP contribution is -2.42. The van der Waals surface area contributed by atoms with Gasteiger partial charge < -0.3 is 20.9 Å². The van der Waals surface area contributed by atoms with Crippen molar-refractivity contribution in [2.45, 2.75) is 19.9 Å². The largest absolute Gasteiger partial charge is 0.350 e. The first-order chi connectivity index (χ1) is 16.8. The van der Waals surface area contributed by atoms with Crippen molar-refractivity contribution in [2.75, 3.05) is 18.4 Å². The zero-order chi connectivity index (χ0) is 25.4. The van der Waals surface area contributed by atoms with E-state index in [1.54, 1.807) is 55.5 Å². The zero-order valence-corrected chi connectivity index (χ0v) is 19.6. The molecule has 10 nitrogen and oxygen atoms in total. The van der Waals surface area contributed by atoms with Gasteiger partial charge in [-0.2, -0.15) is 0 Å². The molecule has 0 fully saturated rings. The van der Waals surface area contributed by atoms with E-state index in [1.807, 2.05) is 0 Å². The second-order valence-electron chi connectivity index (χ2n) is 7.48. The number of hydrogen-bond donors (Lipinski definition) is 4. The molecule has 0 unspecified atom stereocenters. The highest BCUT2D eigenvalue weighted by Crippen LogP contribution is 2.15. The van der Waals surface area contributed by atoms with Crippen LogP contribution in [0.1, 0.15) is 39.6 Å². The van der Waals surface area contributed by atoms with Gasteiger partial charge in [0.05, 0.1) is 6.54 Å². The molecule has 0 saturated carbocycles. The first kappa shape index (κ1) is 25.4. The summed E-state index contributed by atoms with van der Waals surface area (Å²) in [5.74, 6) is -1.18. The Kier molecular flexibility index (Phi) is 8.58. The molecule has 3 amide bonds. The molecule has 0 aliphatic rings. The Bertz CT molecular complexity index is 1350. The number of H-pyrrole nitrogens is 1. The normalized spacial score (nSPS) is 10.5. The molecule has 0 aliphatic heterocycles. The van der Waals surface area contributed by atoms with E-state index in [2.05, 4.69) is 20.9 Å². The molecular formula is C24H24ClN5O5. The molecule has 4 N–H and O–H groups in total. The second-order valence-corrected chi connectivity index (χ2v) is 7.89. The molecule has 0 saturated heterocycles. The zero-order valence-electron chi connectivity index (χ0n) is 18.9. The molecule has 182 valence electrons. The molecule has 0 atom stereocenters. The number of rotatable bonds is 9. The lowest BCUT2D eigenvalue weighted by atomic mass is 10.2. The van der Waals surface area contributed by atoms with Gasteiger partial charge in [0, 0.05) is 42.0 Å². The number of nitrogens with one attached hydrogen (secondary N) is 4. The van der Waals surface area contributed by atoms with Crippen molar-refractivity contribution in [3.63, 3.8) is 0 Å². The highest BCUT2D eigenvalue weighted by molar-refractivity contribution is 6.31. The predicted molar refractivity (Wildman–Crippen MR) is 132 cm³/mol. The van der Waals surface area contributed by atoms with Crippen molar-refractivity contribution in [3.05, 3.63) is 97.3 Å². The van der Waals surface area contributed by atoms with Crippen LogP contribution >= 0.6 is 11.6 Å². The minimum atomic E-state index is -0.759. The standard InChI is InChI=1S/C24H24ClN5O5/c1-2-20(31)29-17-9-7-15(8-10-17)21(32)26-11-12-27-22(33)18-13-28-24(35)30(23(18)34)14-16-5-3-4-6-19(16)25/h3-10,13H,2,11-12,14H2,1H3,(H,26,32)(H,27,33)(H,28,35)(H,29,31). The highest BCUT2D eigenvalue weighted by Gasteiger charge is 2.15. The molecule has 3 aromatic rings. The van der Waals surface area contributed by atoms with Crippen molar-refractivity contribution in [1.82, 2.24) is 20.2 Å². The third kappa shape index (κ3) is 6.67. The fraction of sp³-hybridized carbons (Fsp3) is 0.208. The topological polar surface area (TPSA) is 142 Å². The molecule has 1 heterocycles. The minimum absolute atomic E-state index is 0.0539. The van der Waals surface area contributed by atoms with E-state index in [0.717, 1.165) is 10.8 Å². The van der Waals surface area contributed by atoms with E-state index in [0.29, 0.717) is 28.3 Å². The summed E-state index contributed by atoms with van der Waals surface area (Å²) in [6.45, 7) is 1.81. The van der Waals surface area contributed by atoms with Gasteiger partial charge in [-0.15, -0.1) is 0 Å².